The molecule has 1 saturated carbocycles. The van der Waals surface area contributed by atoms with Crippen molar-refractivity contribution >= 4 is 5.91 Å². The van der Waals surface area contributed by atoms with Crippen LogP contribution in [0.15, 0.2) is 18.2 Å². The summed E-state index contributed by atoms with van der Waals surface area (Å²) in [5.41, 5.74) is 1.13. The Bertz CT molecular complexity index is 469. The first-order valence-electron chi connectivity index (χ1n) is 7.14. The maximum atomic E-state index is 11.9. The van der Waals surface area contributed by atoms with Crippen molar-refractivity contribution in [2.24, 2.45) is 11.8 Å². The highest BCUT2D eigenvalue weighted by Gasteiger charge is 2.32. The topological polar surface area (TPSA) is 47.6 Å². The van der Waals surface area contributed by atoms with Crippen LogP contribution in [0.3, 0.4) is 0 Å². The van der Waals surface area contributed by atoms with Crippen LogP contribution in [-0.4, -0.2) is 26.7 Å². The van der Waals surface area contributed by atoms with E-state index >= 15 is 0 Å². The quantitative estimate of drug-likeness (QED) is 0.832. The van der Waals surface area contributed by atoms with E-state index in [2.05, 4.69) is 5.32 Å². The Morgan fingerprint density at radius 3 is 2.60 bits per heavy atom. The minimum Gasteiger partial charge on any atom is -0.493 e. The smallest absolute Gasteiger partial charge is 0.223 e. The summed E-state index contributed by atoms with van der Waals surface area (Å²) in [4.78, 5) is 11.9. The molecule has 0 spiro atoms. The van der Waals surface area contributed by atoms with Crippen LogP contribution in [0.4, 0.5) is 0 Å². The van der Waals surface area contributed by atoms with Crippen LogP contribution < -0.4 is 14.8 Å². The van der Waals surface area contributed by atoms with Crippen LogP contribution >= 0.6 is 0 Å². The number of carbonyl (C=O) groups is 1. The molecule has 1 amide bonds. The molecule has 1 fully saturated rings. The minimum absolute atomic E-state index is 0.153. The zero-order chi connectivity index (χ0) is 14.5. The molecule has 1 unspecified atom stereocenters. The maximum Gasteiger partial charge on any atom is 0.223 e. The number of ether oxygens (including phenoxy) is 2. The summed E-state index contributed by atoms with van der Waals surface area (Å²) in [6, 6.07) is 5.84. The molecule has 0 aliphatic heterocycles. The number of rotatable bonds is 7. The lowest BCUT2D eigenvalue weighted by Crippen LogP contribution is -2.31. The van der Waals surface area contributed by atoms with E-state index in [-0.39, 0.29) is 11.8 Å². The summed E-state index contributed by atoms with van der Waals surface area (Å²) in [6.07, 6.45) is 3.19. The lowest BCUT2D eigenvalue weighted by atomic mass is 10.1. The summed E-state index contributed by atoms with van der Waals surface area (Å²) in [5.74, 6) is 2.38. The van der Waals surface area contributed by atoms with E-state index in [0.29, 0.717) is 12.5 Å². The summed E-state index contributed by atoms with van der Waals surface area (Å²) >= 11 is 0. The van der Waals surface area contributed by atoms with E-state index < -0.39 is 0 Å². The van der Waals surface area contributed by atoms with Crippen LogP contribution in [0, 0.1) is 11.8 Å². The average Bonchev–Trinajstić information content (AvgIpc) is 3.30. The molecule has 1 atom stereocenters. The molecule has 4 nitrogen and oxygen atoms in total. The Morgan fingerprint density at radius 1 is 1.30 bits per heavy atom. The van der Waals surface area contributed by atoms with Gasteiger partial charge in [0, 0.05) is 12.5 Å². The van der Waals surface area contributed by atoms with Crippen molar-refractivity contribution < 1.29 is 14.3 Å². The van der Waals surface area contributed by atoms with Crippen molar-refractivity contribution in [3.63, 3.8) is 0 Å². The highest BCUT2D eigenvalue weighted by Crippen LogP contribution is 2.36. The second-order valence-corrected chi connectivity index (χ2v) is 5.36. The van der Waals surface area contributed by atoms with Crippen LogP contribution in [0.25, 0.3) is 0 Å². The van der Waals surface area contributed by atoms with Gasteiger partial charge < -0.3 is 14.8 Å². The minimum atomic E-state index is 0.153. The number of benzene rings is 1. The molecule has 1 aliphatic carbocycles. The van der Waals surface area contributed by atoms with Crippen LogP contribution in [0.1, 0.15) is 25.3 Å². The summed E-state index contributed by atoms with van der Waals surface area (Å²) < 4.78 is 10.5. The number of amides is 1. The number of hydrogen-bond acceptors (Lipinski definition) is 3. The second kappa shape index (κ2) is 6.64. The molecule has 1 aromatic carbocycles. The van der Waals surface area contributed by atoms with Crippen LogP contribution in [0.2, 0.25) is 0 Å². The Morgan fingerprint density at radius 2 is 2.00 bits per heavy atom. The maximum absolute atomic E-state index is 11.9. The summed E-state index contributed by atoms with van der Waals surface area (Å²) in [6.45, 7) is 2.68. The third kappa shape index (κ3) is 3.65. The van der Waals surface area contributed by atoms with Gasteiger partial charge in [-0.15, -0.1) is 0 Å². The number of hydrogen-bond donors (Lipinski definition) is 1. The van der Waals surface area contributed by atoms with E-state index in [1.807, 2.05) is 25.1 Å². The van der Waals surface area contributed by atoms with E-state index in [1.165, 1.54) is 12.8 Å². The molecule has 110 valence electrons. The standard InChI is InChI=1S/C16H23NO3/c1-11(13-5-6-13)16(18)17-9-8-12-4-7-14(19-2)15(10-12)20-3/h4,7,10-11,13H,5-6,8-9H2,1-3H3,(H,17,18). The van der Waals surface area contributed by atoms with Gasteiger partial charge in [0.05, 0.1) is 14.2 Å². The van der Waals surface area contributed by atoms with Gasteiger partial charge in [-0.25, -0.2) is 0 Å². The van der Waals surface area contributed by atoms with Gasteiger partial charge in [0.25, 0.3) is 0 Å². The molecule has 0 saturated heterocycles. The molecule has 1 N–H and O–H groups in total. The highest BCUT2D eigenvalue weighted by atomic mass is 16.5. The van der Waals surface area contributed by atoms with Crippen LogP contribution in [-0.2, 0) is 11.2 Å². The summed E-state index contributed by atoms with van der Waals surface area (Å²) in [7, 11) is 3.25. The van der Waals surface area contributed by atoms with Gasteiger partial charge in [-0.2, -0.15) is 0 Å². The largest absolute Gasteiger partial charge is 0.493 e. The number of nitrogens with one attached hydrogen (secondary N) is 1. The van der Waals surface area contributed by atoms with Gasteiger partial charge in [0.1, 0.15) is 0 Å². The van der Waals surface area contributed by atoms with Gasteiger partial charge in [0.2, 0.25) is 5.91 Å². The number of methoxy groups -OCH3 is 2. The fourth-order valence-electron chi connectivity index (χ4n) is 2.34. The SMILES string of the molecule is COc1ccc(CCNC(=O)C(C)C2CC2)cc1OC. The zero-order valence-corrected chi connectivity index (χ0v) is 12.4. The van der Waals surface area contributed by atoms with Crippen molar-refractivity contribution in [3.8, 4) is 11.5 Å². The molecule has 1 aromatic rings. The predicted molar refractivity (Wildman–Crippen MR) is 78.1 cm³/mol. The van der Waals surface area contributed by atoms with E-state index in [4.69, 9.17) is 9.47 Å². The molecule has 0 radical (unpaired) electrons. The molecule has 4 heteroatoms. The van der Waals surface area contributed by atoms with Gasteiger partial charge in [-0.05, 0) is 42.9 Å². The predicted octanol–water partition coefficient (Wildman–Crippen LogP) is 2.41. The third-order valence-electron chi connectivity index (χ3n) is 3.90. The van der Waals surface area contributed by atoms with Crippen molar-refractivity contribution in [3.05, 3.63) is 23.8 Å². The van der Waals surface area contributed by atoms with Crippen molar-refractivity contribution in [1.29, 1.82) is 0 Å². The van der Waals surface area contributed by atoms with E-state index in [9.17, 15) is 4.79 Å². The fourth-order valence-corrected chi connectivity index (χ4v) is 2.34. The Hall–Kier alpha value is -1.71. The third-order valence-corrected chi connectivity index (χ3v) is 3.90. The first-order chi connectivity index (χ1) is 9.65. The second-order valence-electron chi connectivity index (χ2n) is 5.36. The molecule has 2 rings (SSSR count). The summed E-state index contributed by atoms with van der Waals surface area (Å²) in [5, 5.41) is 3.01. The first kappa shape index (κ1) is 14.7. The van der Waals surface area contributed by atoms with Gasteiger partial charge in [-0.3, -0.25) is 4.79 Å². The monoisotopic (exact) mass is 277 g/mol. The molecule has 0 heterocycles. The van der Waals surface area contributed by atoms with Gasteiger partial charge in [-0.1, -0.05) is 13.0 Å². The van der Waals surface area contributed by atoms with Crippen LogP contribution in [0.5, 0.6) is 11.5 Å². The lowest BCUT2D eigenvalue weighted by Gasteiger charge is -2.12. The molecule has 20 heavy (non-hydrogen) atoms. The van der Waals surface area contributed by atoms with Gasteiger partial charge in [0.15, 0.2) is 11.5 Å². The molecular weight excluding hydrogens is 254 g/mol. The highest BCUT2D eigenvalue weighted by molar-refractivity contribution is 5.78. The molecule has 0 aromatic heterocycles. The van der Waals surface area contributed by atoms with Gasteiger partial charge >= 0.3 is 0 Å². The fraction of sp³-hybridized carbons (Fsp3) is 0.562. The average molecular weight is 277 g/mol. The lowest BCUT2D eigenvalue weighted by molar-refractivity contribution is -0.125. The normalized spacial score (nSPS) is 15.6. The Labute approximate surface area is 120 Å². The molecule has 0 bridgehead atoms. The van der Waals surface area contributed by atoms with E-state index in [1.54, 1.807) is 14.2 Å². The Balaban J connectivity index is 1.82. The van der Waals surface area contributed by atoms with Crippen molar-refractivity contribution in [2.75, 3.05) is 20.8 Å². The first-order valence-corrected chi connectivity index (χ1v) is 7.14. The zero-order valence-electron chi connectivity index (χ0n) is 12.4. The van der Waals surface area contributed by atoms with E-state index in [0.717, 1.165) is 23.5 Å². The molecule has 1 aliphatic rings. The number of carbonyl (C=O) groups excluding carboxylic acids is 1. The van der Waals surface area contributed by atoms with Crippen molar-refractivity contribution in [2.45, 2.75) is 26.2 Å². The molecular formula is C16H23NO3. The van der Waals surface area contributed by atoms with Crippen molar-refractivity contribution in [1.82, 2.24) is 5.32 Å². The Kier molecular flexibility index (Phi) is 4.88.